The van der Waals surface area contributed by atoms with E-state index in [9.17, 15) is 9.59 Å². The lowest BCUT2D eigenvalue weighted by atomic mass is 9.99. The molecule has 0 aliphatic heterocycles. The Morgan fingerprint density at radius 2 is 1.87 bits per heavy atom. The Kier molecular flexibility index (Phi) is 7.36. The van der Waals surface area contributed by atoms with E-state index in [1.54, 1.807) is 6.07 Å². The van der Waals surface area contributed by atoms with Gasteiger partial charge in [0.1, 0.15) is 6.61 Å². The molecule has 3 rings (SSSR count). The zero-order valence-corrected chi connectivity index (χ0v) is 18.3. The van der Waals surface area contributed by atoms with Crippen LogP contribution in [0.3, 0.4) is 0 Å². The quantitative estimate of drug-likeness (QED) is 0.499. The van der Waals surface area contributed by atoms with E-state index in [0.29, 0.717) is 25.1 Å². The van der Waals surface area contributed by atoms with Gasteiger partial charge in [-0.2, -0.15) is 0 Å². The highest BCUT2D eigenvalue weighted by Gasteiger charge is 2.28. The van der Waals surface area contributed by atoms with Gasteiger partial charge in [0.05, 0.1) is 6.04 Å². The number of ether oxygens (including phenoxy) is 1. The highest BCUT2D eigenvalue weighted by atomic mass is 16.6. The summed E-state index contributed by atoms with van der Waals surface area (Å²) >= 11 is 0. The molecule has 8 heteroatoms. The summed E-state index contributed by atoms with van der Waals surface area (Å²) in [4.78, 5) is 31.8. The van der Waals surface area contributed by atoms with E-state index < -0.39 is 11.8 Å². The van der Waals surface area contributed by atoms with Crippen LogP contribution in [-0.4, -0.2) is 60.0 Å². The van der Waals surface area contributed by atoms with E-state index in [2.05, 4.69) is 15.5 Å². The minimum atomic E-state index is -0.772. The van der Waals surface area contributed by atoms with Crippen LogP contribution in [0.15, 0.2) is 47.0 Å². The Balaban J connectivity index is 1.72. The smallest absolute Gasteiger partial charge is 0.417 e. The molecule has 1 heterocycles. The third kappa shape index (κ3) is 6.11. The Bertz CT molecular complexity index is 1040. The zero-order valence-electron chi connectivity index (χ0n) is 18.3. The number of benzene rings is 2. The molecule has 8 nitrogen and oxygen atoms in total. The number of aromatic nitrogens is 2. The molecular weight excluding hydrogens is 396 g/mol. The third-order valence-electron chi connectivity index (χ3n) is 4.73. The van der Waals surface area contributed by atoms with Crippen molar-refractivity contribution in [2.24, 2.45) is 5.92 Å². The minimum absolute atomic E-state index is 0.0608. The van der Waals surface area contributed by atoms with Crippen LogP contribution < -0.4 is 10.1 Å². The fraction of sp³-hybridized carbons (Fsp3) is 0.391. The van der Waals surface area contributed by atoms with Gasteiger partial charge in [0, 0.05) is 12.1 Å². The summed E-state index contributed by atoms with van der Waals surface area (Å²) in [5.41, 5.74) is 0.487. The number of ketones is 1. The Morgan fingerprint density at radius 3 is 2.58 bits per heavy atom. The van der Waals surface area contributed by atoms with Crippen molar-refractivity contribution in [3.63, 3.8) is 0 Å². The summed E-state index contributed by atoms with van der Waals surface area (Å²) in [6, 6.07) is 12.5. The van der Waals surface area contributed by atoms with E-state index in [0.717, 1.165) is 10.8 Å². The summed E-state index contributed by atoms with van der Waals surface area (Å²) in [5, 5.41) is 8.58. The van der Waals surface area contributed by atoms with Crippen LogP contribution in [0.25, 0.3) is 10.8 Å². The van der Waals surface area contributed by atoms with Gasteiger partial charge < -0.3 is 15.0 Å². The van der Waals surface area contributed by atoms with Gasteiger partial charge in [-0.3, -0.25) is 14.1 Å². The number of nitrogens with zero attached hydrogens (tertiary/aromatic N) is 3. The molecule has 3 aromatic rings. The fourth-order valence-electron chi connectivity index (χ4n) is 3.11. The van der Waals surface area contributed by atoms with Crippen molar-refractivity contribution in [3.8, 4) is 6.08 Å². The van der Waals surface area contributed by atoms with Crippen LogP contribution in [-0.2, 0) is 0 Å². The van der Waals surface area contributed by atoms with Gasteiger partial charge in [0.2, 0.25) is 11.6 Å². The van der Waals surface area contributed by atoms with Gasteiger partial charge in [-0.05, 0) is 54.5 Å². The topological polar surface area (TPSA) is 97.6 Å². The molecule has 0 radical (unpaired) electrons. The first kappa shape index (κ1) is 22.4. The molecule has 0 aliphatic rings. The number of likely N-dealkylation sites (N-methyl/N-ethyl adjacent to an activating group) is 1. The van der Waals surface area contributed by atoms with Crippen LogP contribution in [0, 0.1) is 5.92 Å². The van der Waals surface area contributed by atoms with Crippen LogP contribution in [0.4, 0.5) is 0 Å². The van der Waals surface area contributed by atoms with E-state index in [4.69, 9.17) is 9.26 Å². The summed E-state index contributed by atoms with van der Waals surface area (Å²) in [7, 11) is 3.84. The maximum atomic E-state index is 13.0. The number of carbonyl (C=O) groups is 2. The number of hydrogen-bond acceptors (Lipinski definition) is 7. The first-order chi connectivity index (χ1) is 14.8. The number of carbonyl (C=O) groups excluding carboxylic acids is 2. The molecule has 0 fully saturated rings. The highest BCUT2D eigenvalue weighted by molar-refractivity contribution is 6.03. The molecule has 0 saturated heterocycles. The Hall–Kier alpha value is -3.26. The normalized spacial score (nSPS) is 12.3. The van der Waals surface area contributed by atoms with E-state index >= 15 is 0 Å². The SMILES string of the molecule is CC(C)CC(NC(=O)c1ccc2ccccc2c1)C(=O)c1noc(OCCN(C)C)n1. The molecule has 1 atom stereocenters. The molecule has 0 bridgehead atoms. The number of rotatable bonds is 10. The first-order valence-corrected chi connectivity index (χ1v) is 10.3. The number of hydrogen-bond donors (Lipinski definition) is 1. The second kappa shape index (κ2) is 10.2. The molecule has 0 spiro atoms. The summed E-state index contributed by atoms with van der Waals surface area (Å²) < 4.78 is 10.4. The molecule has 2 aromatic carbocycles. The van der Waals surface area contributed by atoms with Gasteiger partial charge in [-0.15, -0.1) is 4.98 Å². The molecule has 0 saturated carbocycles. The van der Waals surface area contributed by atoms with Gasteiger partial charge in [0.15, 0.2) is 0 Å². The second-order valence-electron chi connectivity index (χ2n) is 8.12. The molecule has 31 heavy (non-hydrogen) atoms. The van der Waals surface area contributed by atoms with Crippen LogP contribution in [0.2, 0.25) is 0 Å². The largest absolute Gasteiger partial charge is 0.447 e. The van der Waals surface area contributed by atoms with Crippen LogP contribution in [0.5, 0.6) is 6.08 Å². The van der Waals surface area contributed by atoms with Crippen molar-refractivity contribution < 1.29 is 18.8 Å². The second-order valence-corrected chi connectivity index (χ2v) is 8.12. The van der Waals surface area contributed by atoms with Crippen molar-refractivity contribution in [2.75, 3.05) is 27.2 Å². The van der Waals surface area contributed by atoms with Gasteiger partial charge in [0.25, 0.3) is 5.91 Å². The predicted octanol–water partition coefficient (Wildman–Crippen LogP) is 3.19. The van der Waals surface area contributed by atoms with Crippen molar-refractivity contribution in [3.05, 3.63) is 53.9 Å². The third-order valence-corrected chi connectivity index (χ3v) is 4.73. The lowest BCUT2D eigenvalue weighted by molar-refractivity contribution is 0.0838. The summed E-state index contributed by atoms with van der Waals surface area (Å²) in [6.07, 6.45) is 0.387. The zero-order chi connectivity index (χ0) is 22.4. The van der Waals surface area contributed by atoms with Crippen molar-refractivity contribution in [1.82, 2.24) is 20.4 Å². The van der Waals surface area contributed by atoms with Gasteiger partial charge in [-0.25, -0.2) is 0 Å². The van der Waals surface area contributed by atoms with E-state index in [1.807, 2.05) is 69.2 Å². The molecule has 1 N–H and O–H groups in total. The number of amides is 1. The molecular formula is C23H28N4O4. The maximum Gasteiger partial charge on any atom is 0.417 e. The average molecular weight is 425 g/mol. The van der Waals surface area contributed by atoms with Crippen LogP contribution >= 0.6 is 0 Å². The molecule has 1 amide bonds. The van der Waals surface area contributed by atoms with E-state index in [1.165, 1.54) is 0 Å². The summed E-state index contributed by atoms with van der Waals surface area (Å²) in [5.74, 6) is -0.664. The van der Waals surface area contributed by atoms with Crippen molar-refractivity contribution >= 4 is 22.5 Å². The Labute approximate surface area is 181 Å². The monoisotopic (exact) mass is 424 g/mol. The number of Topliss-reactive ketones (excluding diaryl/α,β-unsaturated/α-hetero) is 1. The average Bonchev–Trinajstić information content (AvgIpc) is 3.20. The minimum Gasteiger partial charge on any atom is -0.447 e. The van der Waals surface area contributed by atoms with Gasteiger partial charge in [-0.1, -0.05) is 44.2 Å². The lowest BCUT2D eigenvalue weighted by Gasteiger charge is -2.18. The number of nitrogens with one attached hydrogen (secondary N) is 1. The number of fused-ring (bicyclic) bond motifs is 1. The molecule has 1 unspecified atom stereocenters. The van der Waals surface area contributed by atoms with Crippen LogP contribution in [0.1, 0.15) is 41.2 Å². The highest BCUT2D eigenvalue weighted by Crippen LogP contribution is 2.17. The fourth-order valence-corrected chi connectivity index (χ4v) is 3.11. The maximum absolute atomic E-state index is 13.0. The molecule has 1 aromatic heterocycles. The lowest BCUT2D eigenvalue weighted by Crippen LogP contribution is -2.42. The van der Waals surface area contributed by atoms with Crippen molar-refractivity contribution in [2.45, 2.75) is 26.3 Å². The van der Waals surface area contributed by atoms with Gasteiger partial charge >= 0.3 is 6.08 Å². The standard InChI is InChI=1S/C23H28N4O4/c1-15(2)13-19(20(28)21-25-23(31-26-21)30-12-11-27(3)4)24-22(29)18-10-9-16-7-5-6-8-17(16)14-18/h5-10,14-15,19H,11-13H2,1-4H3,(H,24,29). The van der Waals surface area contributed by atoms with E-state index in [-0.39, 0.29) is 23.7 Å². The first-order valence-electron chi connectivity index (χ1n) is 10.3. The summed E-state index contributed by atoms with van der Waals surface area (Å²) in [6.45, 7) is 4.99. The molecule has 0 aliphatic carbocycles. The predicted molar refractivity (Wildman–Crippen MR) is 117 cm³/mol. The molecule has 164 valence electrons. The Morgan fingerprint density at radius 1 is 1.13 bits per heavy atom. The van der Waals surface area contributed by atoms with Crippen molar-refractivity contribution in [1.29, 1.82) is 0 Å².